The Labute approximate surface area is 129 Å². The van der Waals surface area contributed by atoms with Gasteiger partial charge in [0.05, 0.1) is 32.4 Å². The van der Waals surface area contributed by atoms with Gasteiger partial charge in [-0.25, -0.2) is 4.79 Å². The summed E-state index contributed by atoms with van der Waals surface area (Å²) < 4.78 is 17.6. The van der Waals surface area contributed by atoms with Crippen LogP contribution >= 0.6 is 0 Å². The van der Waals surface area contributed by atoms with Crippen LogP contribution in [0.1, 0.15) is 28.5 Å². The number of fused-ring (bicyclic) bond motifs is 1. The first-order valence-electron chi connectivity index (χ1n) is 6.76. The van der Waals surface area contributed by atoms with Crippen LogP contribution in [0.2, 0.25) is 0 Å². The molecule has 1 aromatic heterocycles. The molecule has 0 unspecified atom stereocenters. The summed E-state index contributed by atoms with van der Waals surface area (Å²) in [4.78, 5) is 12.0. The van der Waals surface area contributed by atoms with Gasteiger partial charge < -0.3 is 18.8 Å². The molecule has 0 bridgehead atoms. The quantitative estimate of drug-likeness (QED) is 0.646. The van der Waals surface area contributed by atoms with Crippen molar-refractivity contribution in [3.8, 4) is 23.3 Å². The molecule has 0 spiro atoms. The molecule has 0 saturated carbocycles. The van der Waals surface area contributed by atoms with E-state index in [1.54, 1.807) is 38.8 Å². The van der Waals surface area contributed by atoms with E-state index in [1.807, 2.05) is 6.92 Å². The van der Waals surface area contributed by atoms with Gasteiger partial charge in [0.2, 0.25) is 0 Å². The summed E-state index contributed by atoms with van der Waals surface area (Å²) in [5, 5.41) is 0.887. The van der Waals surface area contributed by atoms with Crippen LogP contribution in [0.4, 0.5) is 0 Å². The third-order valence-corrected chi connectivity index (χ3v) is 3.70. The molecule has 0 atom stereocenters. The number of aromatic nitrogens is 1. The van der Waals surface area contributed by atoms with E-state index in [9.17, 15) is 4.79 Å². The normalized spacial score (nSPS) is 10.1. The summed E-state index contributed by atoms with van der Waals surface area (Å²) in [5.74, 6) is 6.73. The highest BCUT2D eigenvalue weighted by Crippen LogP contribution is 2.41. The maximum atomic E-state index is 12.0. The van der Waals surface area contributed by atoms with Crippen molar-refractivity contribution >= 4 is 16.9 Å². The minimum absolute atomic E-state index is 0.397. The Balaban J connectivity index is 3.02. The highest BCUT2D eigenvalue weighted by atomic mass is 16.5. The molecule has 1 aromatic carbocycles. The zero-order chi connectivity index (χ0) is 16.4. The number of ether oxygens (including phenoxy) is 3. The van der Waals surface area contributed by atoms with Crippen LogP contribution in [0, 0.1) is 18.8 Å². The Morgan fingerprint density at radius 3 is 2.32 bits per heavy atom. The fourth-order valence-electron chi connectivity index (χ4n) is 2.69. The lowest BCUT2D eigenvalue weighted by Crippen LogP contribution is -2.07. The molecule has 0 amide bonds. The van der Waals surface area contributed by atoms with Gasteiger partial charge in [0.15, 0.2) is 11.5 Å². The molecule has 0 fully saturated rings. The van der Waals surface area contributed by atoms with Crippen molar-refractivity contribution in [2.45, 2.75) is 13.8 Å². The first-order chi connectivity index (χ1) is 10.5. The van der Waals surface area contributed by atoms with E-state index in [0.29, 0.717) is 22.8 Å². The minimum atomic E-state index is -0.397. The average molecular weight is 301 g/mol. The number of nitrogens with zero attached hydrogens (tertiary/aromatic N) is 1. The zero-order valence-corrected chi connectivity index (χ0v) is 13.7. The average Bonchev–Trinajstić information content (AvgIpc) is 2.87. The lowest BCUT2D eigenvalue weighted by molar-refractivity contribution is 0.0590. The van der Waals surface area contributed by atoms with Gasteiger partial charge in [-0.3, -0.25) is 0 Å². The van der Waals surface area contributed by atoms with Crippen LogP contribution in [0.25, 0.3) is 10.9 Å². The predicted octanol–water partition coefficient (Wildman–Crippen LogP) is 2.66. The van der Waals surface area contributed by atoms with Crippen molar-refractivity contribution in [2.24, 2.45) is 7.05 Å². The van der Waals surface area contributed by atoms with Gasteiger partial charge in [0.25, 0.3) is 0 Å². The fourth-order valence-corrected chi connectivity index (χ4v) is 2.69. The number of esters is 1. The predicted molar refractivity (Wildman–Crippen MR) is 84.7 cm³/mol. The molecule has 116 valence electrons. The number of hydrogen-bond acceptors (Lipinski definition) is 4. The lowest BCUT2D eigenvalue weighted by atomic mass is 10.0. The van der Waals surface area contributed by atoms with Gasteiger partial charge in [-0.1, -0.05) is 5.92 Å². The summed E-state index contributed by atoms with van der Waals surface area (Å²) in [6.45, 7) is 3.68. The molecule has 0 saturated heterocycles. The van der Waals surface area contributed by atoms with Crippen LogP contribution in [0.5, 0.6) is 11.5 Å². The molecular formula is C17H19NO4. The second-order valence-electron chi connectivity index (χ2n) is 4.78. The van der Waals surface area contributed by atoms with Crippen molar-refractivity contribution < 1.29 is 19.0 Å². The summed E-state index contributed by atoms with van der Waals surface area (Å²) >= 11 is 0. The van der Waals surface area contributed by atoms with Gasteiger partial charge in [-0.15, -0.1) is 5.92 Å². The molecule has 0 aliphatic heterocycles. The highest BCUT2D eigenvalue weighted by molar-refractivity contribution is 6.01. The third kappa shape index (κ3) is 2.17. The molecule has 2 aromatic rings. The van der Waals surface area contributed by atoms with E-state index in [1.165, 1.54) is 7.11 Å². The Bertz CT molecular complexity index is 806. The molecule has 5 nitrogen and oxygen atoms in total. The smallest absolute Gasteiger partial charge is 0.354 e. The fraction of sp³-hybridized carbons (Fsp3) is 0.353. The van der Waals surface area contributed by atoms with Gasteiger partial charge in [0, 0.05) is 18.0 Å². The number of benzene rings is 1. The number of rotatable bonds is 3. The maximum Gasteiger partial charge on any atom is 0.354 e. The van der Waals surface area contributed by atoms with Crippen molar-refractivity contribution in [3.63, 3.8) is 0 Å². The van der Waals surface area contributed by atoms with E-state index in [-0.39, 0.29) is 0 Å². The topological polar surface area (TPSA) is 49.7 Å². The standard InChI is InChI=1S/C17H19NO4/c1-7-8-11-14-12(9-13(18(14)3)17(19)22-6)10(2)15(20-4)16(11)21-5/h9H,1-6H3. The summed E-state index contributed by atoms with van der Waals surface area (Å²) in [7, 11) is 6.33. The number of aryl methyl sites for hydroxylation is 2. The van der Waals surface area contributed by atoms with Gasteiger partial charge in [0.1, 0.15) is 5.69 Å². The van der Waals surface area contributed by atoms with Crippen LogP contribution in [-0.4, -0.2) is 31.9 Å². The van der Waals surface area contributed by atoms with Crippen LogP contribution in [0.3, 0.4) is 0 Å². The van der Waals surface area contributed by atoms with E-state index in [4.69, 9.17) is 14.2 Å². The molecule has 5 heteroatoms. The monoisotopic (exact) mass is 301 g/mol. The van der Waals surface area contributed by atoms with Crippen molar-refractivity contribution in [2.75, 3.05) is 21.3 Å². The van der Waals surface area contributed by atoms with E-state index < -0.39 is 5.97 Å². The summed E-state index contributed by atoms with van der Waals surface area (Å²) in [6.07, 6.45) is 0. The van der Waals surface area contributed by atoms with E-state index in [0.717, 1.165) is 16.5 Å². The molecule has 0 aliphatic carbocycles. The number of carbonyl (C=O) groups excluding carboxylic acids is 1. The third-order valence-electron chi connectivity index (χ3n) is 3.70. The molecule has 0 aliphatic rings. The Morgan fingerprint density at radius 1 is 1.18 bits per heavy atom. The molecule has 1 heterocycles. The molecule has 22 heavy (non-hydrogen) atoms. The van der Waals surface area contributed by atoms with Crippen LogP contribution in [-0.2, 0) is 11.8 Å². The highest BCUT2D eigenvalue weighted by Gasteiger charge is 2.23. The Hall–Kier alpha value is -2.61. The number of hydrogen-bond donors (Lipinski definition) is 0. The molecule has 2 rings (SSSR count). The number of methoxy groups -OCH3 is 3. The van der Waals surface area contributed by atoms with E-state index >= 15 is 0 Å². The number of carbonyl (C=O) groups is 1. The SMILES string of the molecule is CC#Cc1c(OC)c(OC)c(C)c2cc(C(=O)OC)n(C)c12. The Morgan fingerprint density at radius 2 is 1.82 bits per heavy atom. The van der Waals surface area contributed by atoms with Crippen molar-refractivity contribution in [3.05, 3.63) is 22.9 Å². The molecule has 0 radical (unpaired) electrons. The van der Waals surface area contributed by atoms with Gasteiger partial charge >= 0.3 is 5.97 Å². The molecular weight excluding hydrogens is 282 g/mol. The summed E-state index contributed by atoms with van der Waals surface area (Å²) in [5.41, 5.74) is 2.86. The van der Waals surface area contributed by atoms with Gasteiger partial charge in [-0.05, 0) is 19.9 Å². The largest absolute Gasteiger partial charge is 0.493 e. The first-order valence-corrected chi connectivity index (χ1v) is 6.76. The van der Waals surface area contributed by atoms with E-state index in [2.05, 4.69) is 11.8 Å². The van der Waals surface area contributed by atoms with Crippen LogP contribution < -0.4 is 9.47 Å². The lowest BCUT2D eigenvalue weighted by Gasteiger charge is -2.15. The van der Waals surface area contributed by atoms with Crippen LogP contribution in [0.15, 0.2) is 6.07 Å². The van der Waals surface area contributed by atoms with Gasteiger partial charge in [-0.2, -0.15) is 0 Å². The first kappa shape index (κ1) is 15.8. The molecule has 0 N–H and O–H groups in total. The maximum absolute atomic E-state index is 12.0. The van der Waals surface area contributed by atoms with Crippen molar-refractivity contribution in [1.82, 2.24) is 4.57 Å². The van der Waals surface area contributed by atoms with Crippen molar-refractivity contribution in [1.29, 1.82) is 0 Å². The Kier molecular flexibility index (Phi) is 4.32. The zero-order valence-electron chi connectivity index (χ0n) is 13.7. The summed E-state index contributed by atoms with van der Waals surface area (Å²) in [6, 6.07) is 1.79. The second-order valence-corrected chi connectivity index (χ2v) is 4.78. The second kappa shape index (κ2) is 6.02. The minimum Gasteiger partial charge on any atom is -0.493 e.